The van der Waals surface area contributed by atoms with Crippen molar-refractivity contribution in [2.24, 2.45) is 5.92 Å². The van der Waals surface area contributed by atoms with Gasteiger partial charge >= 0.3 is 0 Å². The molecule has 0 saturated heterocycles. The van der Waals surface area contributed by atoms with Gasteiger partial charge < -0.3 is 9.84 Å². The molecule has 0 aliphatic carbocycles. The van der Waals surface area contributed by atoms with Crippen LogP contribution in [0, 0.1) is 5.92 Å². The lowest BCUT2D eigenvalue weighted by Crippen LogP contribution is -2.10. The number of hydrogen-bond donors (Lipinski definition) is 1. The van der Waals surface area contributed by atoms with Crippen LogP contribution >= 0.6 is 0 Å². The second-order valence-corrected chi connectivity index (χ2v) is 5.66. The van der Waals surface area contributed by atoms with Gasteiger partial charge in [-0.1, -0.05) is 38.1 Å². The third-order valence-electron chi connectivity index (χ3n) is 3.56. The average molecular weight is 288 g/mol. The van der Waals surface area contributed by atoms with Gasteiger partial charge in [-0.15, -0.1) is 0 Å². The molecule has 0 fully saturated rings. The molecule has 1 N–H and O–H groups in total. The fourth-order valence-corrected chi connectivity index (χ4v) is 2.53. The van der Waals surface area contributed by atoms with Crippen molar-refractivity contribution in [1.82, 2.24) is 9.78 Å². The van der Waals surface area contributed by atoms with E-state index in [1.54, 1.807) is 18.0 Å². The SMILES string of the molecule is CCn1ncc(OC)c1C(O)c1ccc(CC(C)C)cc1. The minimum Gasteiger partial charge on any atom is -0.493 e. The van der Waals surface area contributed by atoms with E-state index in [4.69, 9.17) is 4.74 Å². The van der Waals surface area contributed by atoms with Gasteiger partial charge in [0.2, 0.25) is 0 Å². The summed E-state index contributed by atoms with van der Waals surface area (Å²) in [5, 5.41) is 14.9. The highest BCUT2D eigenvalue weighted by Gasteiger charge is 2.20. The molecule has 2 aromatic rings. The Labute approximate surface area is 126 Å². The number of aliphatic hydroxyl groups excluding tert-OH is 1. The predicted molar refractivity (Wildman–Crippen MR) is 83.5 cm³/mol. The van der Waals surface area contributed by atoms with Crippen molar-refractivity contribution >= 4 is 0 Å². The number of benzene rings is 1. The van der Waals surface area contributed by atoms with Crippen LogP contribution in [-0.2, 0) is 13.0 Å². The van der Waals surface area contributed by atoms with E-state index >= 15 is 0 Å². The van der Waals surface area contributed by atoms with E-state index in [1.807, 2.05) is 19.1 Å². The van der Waals surface area contributed by atoms with E-state index in [2.05, 4.69) is 31.1 Å². The van der Waals surface area contributed by atoms with Gasteiger partial charge in [0.1, 0.15) is 11.8 Å². The number of rotatable bonds is 6. The fourth-order valence-electron chi connectivity index (χ4n) is 2.53. The maximum Gasteiger partial charge on any atom is 0.163 e. The summed E-state index contributed by atoms with van der Waals surface area (Å²) in [5.74, 6) is 1.25. The molecule has 1 unspecified atom stereocenters. The van der Waals surface area contributed by atoms with Crippen molar-refractivity contribution in [2.75, 3.05) is 7.11 Å². The molecule has 1 heterocycles. The molecule has 114 valence electrons. The molecule has 0 radical (unpaired) electrons. The van der Waals surface area contributed by atoms with Crippen LogP contribution < -0.4 is 4.74 Å². The van der Waals surface area contributed by atoms with Gasteiger partial charge in [-0.25, -0.2) is 0 Å². The molecule has 0 aliphatic rings. The molecule has 1 atom stereocenters. The smallest absolute Gasteiger partial charge is 0.163 e. The molecule has 0 amide bonds. The largest absolute Gasteiger partial charge is 0.493 e. The molecule has 0 aliphatic heterocycles. The maximum atomic E-state index is 10.6. The van der Waals surface area contributed by atoms with E-state index in [0.717, 1.165) is 12.0 Å². The van der Waals surface area contributed by atoms with Crippen molar-refractivity contribution in [3.8, 4) is 5.75 Å². The Morgan fingerprint density at radius 3 is 2.43 bits per heavy atom. The Morgan fingerprint density at radius 1 is 1.24 bits per heavy atom. The molecule has 4 heteroatoms. The zero-order valence-electron chi connectivity index (χ0n) is 13.2. The first-order valence-corrected chi connectivity index (χ1v) is 7.43. The number of aryl methyl sites for hydroxylation is 1. The summed E-state index contributed by atoms with van der Waals surface area (Å²) in [4.78, 5) is 0. The van der Waals surface area contributed by atoms with Gasteiger partial charge in [-0.2, -0.15) is 5.10 Å². The van der Waals surface area contributed by atoms with Crippen LogP contribution in [0.3, 0.4) is 0 Å². The number of hydrogen-bond acceptors (Lipinski definition) is 3. The number of methoxy groups -OCH3 is 1. The predicted octanol–water partition coefficient (Wildman–Crippen LogP) is 3.19. The summed E-state index contributed by atoms with van der Waals surface area (Å²) in [6.07, 6.45) is 1.97. The van der Waals surface area contributed by atoms with Crippen LogP contribution in [0.2, 0.25) is 0 Å². The Bertz CT molecular complexity index is 551. The van der Waals surface area contributed by atoms with Crippen LogP contribution in [0.5, 0.6) is 5.75 Å². The molecule has 1 aromatic carbocycles. The second kappa shape index (κ2) is 6.76. The van der Waals surface area contributed by atoms with Crippen molar-refractivity contribution in [3.63, 3.8) is 0 Å². The maximum absolute atomic E-state index is 10.6. The zero-order chi connectivity index (χ0) is 15.4. The Hall–Kier alpha value is -1.81. The Balaban J connectivity index is 2.27. The van der Waals surface area contributed by atoms with E-state index in [0.29, 0.717) is 23.9 Å². The normalized spacial score (nSPS) is 12.7. The van der Waals surface area contributed by atoms with Gasteiger partial charge in [-0.05, 0) is 30.4 Å². The highest BCUT2D eigenvalue weighted by molar-refractivity contribution is 5.36. The van der Waals surface area contributed by atoms with Crippen molar-refractivity contribution in [1.29, 1.82) is 0 Å². The van der Waals surface area contributed by atoms with E-state index in [-0.39, 0.29) is 0 Å². The lowest BCUT2D eigenvalue weighted by Gasteiger charge is -2.15. The molecule has 0 bridgehead atoms. The van der Waals surface area contributed by atoms with Crippen LogP contribution in [0.1, 0.15) is 43.7 Å². The van der Waals surface area contributed by atoms with Crippen molar-refractivity contribution in [2.45, 2.75) is 39.8 Å². The first kappa shape index (κ1) is 15.6. The minimum absolute atomic E-state index is 0.621. The van der Waals surface area contributed by atoms with Gasteiger partial charge in [-0.3, -0.25) is 4.68 Å². The van der Waals surface area contributed by atoms with Crippen LogP contribution in [0.25, 0.3) is 0 Å². The lowest BCUT2D eigenvalue weighted by atomic mass is 9.99. The van der Waals surface area contributed by atoms with Crippen LogP contribution in [0.15, 0.2) is 30.5 Å². The first-order chi connectivity index (χ1) is 10.1. The fraction of sp³-hybridized carbons (Fsp3) is 0.471. The van der Waals surface area contributed by atoms with E-state index in [1.165, 1.54) is 5.56 Å². The molecule has 21 heavy (non-hydrogen) atoms. The third kappa shape index (κ3) is 3.45. The van der Waals surface area contributed by atoms with Crippen LogP contribution in [0.4, 0.5) is 0 Å². The molecule has 0 spiro atoms. The van der Waals surface area contributed by atoms with Crippen molar-refractivity contribution < 1.29 is 9.84 Å². The van der Waals surface area contributed by atoms with E-state index in [9.17, 15) is 5.11 Å². The summed E-state index contributed by atoms with van der Waals surface area (Å²) in [6.45, 7) is 7.09. The minimum atomic E-state index is -0.726. The molecule has 0 saturated carbocycles. The Morgan fingerprint density at radius 2 is 1.90 bits per heavy atom. The number of ether oxygens (including phenoxy) is 1. The lowest BCUT2D eigenvalue weighted by molar-refractivity contribution is 0.202. The summed E-state index contributed by atoms with van der Waals surface area (Å²) in [6, 6.07) is 8.12. The second-order valence-electron chi connectivity index (χ2n) is 5.66. The molecular weight excluding hydrogens is 264 g/mol. The summed E-state index contributed by atoms with van der Waals surface area (Å²) < 4.78 is 7.07. The molecule has 1 aromatic heterocycles. The van der Waals surface area contributed by atoms with Gasteiger partial charge in [0.05, 0.1) is 13.3 Å². The summed E-state index contributed by atoms with van der Waals surface area (Å²) >= 11 is 0. The zero-order valence-corrected chi connectivity index (χ0v) is 13.2. The monoisotopic (exact) mass is 288 g/mol. The van der Waals surface area contributed by atoms with Gasteiger partial charge in [0.15, 0.2) is 5.75 Å². The standard InChI is InChI=1S/C17H24N2O2/c1-5-19-16(15(21-4)11-18-19)17(20)14-8-6-13(7-9-14)10-12(2)3/h6-9,11-12,17,20H,5,10H2,1-4H3. The number of aliphatic hydroxyl groups is 1. The number of nitrogens with zero attached hydrogens (tertiary/aromatic N) is 2. The van der Waals surface area contributed by atoms with E-state index < -0.39 is 6.10 Å². The molecular formula is C17H24N2O2. The molecule has 4 nitrogen and oxygen atoms in total. The molecule has 2 rings (SSSR count). The highest BCUT2D eigenvalue weighted by Crippen LogP contribution is 2.30. The average Bonchev–Trinajstić information content (AvgIpc) is 2.89. The van der Waals surface area contributed by atoms with Crippen LogP contribution in [-0.4, -0.2) is 22.0 Å². The van der Waals surface area contributed by atoms with Gasteiger partial charge in [0.25, 0.3) is 0 Å². The van der Waals surface area contributed by atoms with Gasteiger partial charge in [0, 0.05) is 6.54 Å². The topological polar surface area (TPSA) is 47.3 Å². The quantitative estimate of drug-likeness (QED) is 0.888. The summed E-state index contributed by atoms with van der Waals surface area (Å²) in [5.41, 5.74) is 2.85. The summed E-state index contributed by atoms with van der Waals surface area (Å²) in [7, 11) is 1.60. The Kier molecular flexibility index (Phi) is 5.02. The third-order valence-corrected chi connectivity index (χ3v) is 3.56. The highest BCUT2D eigenvalue weighted by atomic mass is 16.5. The first-order valence-electron chi connectivity index (χ1n) is 7.43. The van der Waals surface area contributed by atoms with Crippen molar-refractivity contribution in [3.05, 3.63) is 47.3 Å². The number of aromatic nitrogens is 2.